The number of hydrogen-bond donors (Lipinski definition) is 0. The van der Waals surface area contributed by atoms with Crippen molar-refractivity contribution in [1.29, 1.82) is 0 Å². The lowest BCUT2D eigenvalue weighted by Crippen LogP contribution is -2.38. The Hall–Kier alpha value is 0.420. The molecule has 1 aliphatic rings. The van der Waals surface area contributed by atoms with Gasteiger partial charge in [-0.15, -0.1) is 22.9 Å². The molecule has 2 nitrogen and oxygen atoms in total. The minimum Gasteiger partial charge on any atom is -0.334 e. The third kappa shape index (κ3) is 2.72. The first-order valence-electron chi connectivity index (χ1n) is 5.36. The topological polar surface area (TPSA) is 20.3 Å². The number of thiophene rings is 1. The Morgan fingerprint density at radius 2 is 2.35 bits per heavy atom. The van der Waals surface area contributed by atoms with Crippen molar-refractivity contribution in [2.24, 2.45) is 5.92 Å². The van der Waals surface area contributed by atoms with E-state index < -0.39 is 0 Å². The van der Waals surface area contributed by atoms with Gasteiger partial charge in [-0.05, 0) is 50.3 Å². The lowest BCUT2D eigenvalue weighted by molar-refractivity contribution is 0.0736. The van der Waals surface area contributed by atoms with Gasteiger partial charge in [0.2, 0.25) is 0 Å². The molecule has 0 bridgehead atoms. The number of halogens is 3. The first-order chi connectivity index (χ1) is 8.04. The quantitative estimate of drug-likeness (QED) is 0.674. The summed E-state index contributed by atoms with van der Waals surface area (Å²) < 4.78 is 1.84. The standard InChI is InChI=1S/C11H12Br2ClNOS/c1-6-2-3-15(8(6)5-14)11(16)7-4-9(12)17-10(7)13/h4,6,8H,2-3,5H2,1H3. The van der Waals surface area contributed by atoms with Crippen LogP contribution in [0.2, 0.25) is 0 Å². The van der Waals surface area contributed by atoms with Crippen LogP contribution in [-0.4, -0.2) is 29.3 Å². The third-order valence-corrected chi connectivity index (χ3v) is 5.84. The van der Waals surface area contributed by atoms with Crippen molar-refractivity contribution in [3.63, 3.8) is 0 Å². The van der Waals surface area contributed by atoms with Crippen LogP contribution in [0.15, 0.2) is 13.6 Å². The van der Waals surface area contributed by atoms with Crippen molar-refractivity contribution in [2.75, 3.05) is 12.4 Å². The molecule has 94 valence electrons. The van der Waals surface area contributed by atoms with Gasteiger partial charge in [0.25, 0.3) is 5.91 Å². The molecule has 2 unspecified atom stereocenters. The monoisotopic (exact) mass is 399 g/mol. The molecular weight excluding hydrogens is 389 g/mol. The van der Waals surface area contributed by atoms with Crippen LogP contribution in [0.1, 0.15) is 23.7 Å². The molecule has 1 aliphatic heterocycles. The Labute approximate surface area is 127 Å². The number of carbonyl (C=O) groups is 1. The molecular formula is C11H12Br2ClNOS. The molecule has 2 atom stereocenters. The van der Waals surface area contributed by atoms with Crippen LogP contribution in [0.3, 0.4) is 0 Å². The van der Waals surface area contributed by atoms with Crippen molar-refractivity contribution >= 4 is 60.7 Å². The lowest BCUT2D eigenvalue weighted by Gasteiger charge is -2.24. The predicted octanol–water partition coefficient (Wildman–Crippen LogP) is 4.36. The second-order valence-corrected chi connectivity index (χ2v) is 8.28. The summed E-state index contributed by atoms with van der Waals surface area (Å²) in [6, 6.07) is 2.03. The van der Waals surface area contributed by atoms with E-state index in [9.17, 15) is 4.79 Å². The summed E-state index contributed by atoms with van der Waals surface area (Å²) in [6.07, 6.45) is 1.03. The summed E-state index contributed by atoms with van der Waals surface area (Å²) in [6.45, 7) is 2.95. The lowest BCUT2D eigenvalue weighted by atomic mass is 10.0. The molecule has 1 amide bonds. The predicted molar refractivity (Wildman–Crippen MR) is 79.0 cm³/mol. The van der Waals surface area contributed by atoms with Crippen LogP contribution in [-0.2, 0) is 0 Å². The molecule has 0 N–H and O–H groups in total. The van der Waals surface area contributed by atoms with Crippen molar-refractivity contribution in [2.45, 2.75) is 19.4 Å². The Morgan fingerprint density at radius 3 is 2.88 bits per heavy atom. The molecule has 17 heavy (non-hydrogen) atoms. The molecule has 0 aliphatic carbocycles. The molecule has 0 saturated carbocycles. The fraction of sp³-hybridized carbons (Fsp3) is 0.545. The zero-order valence-electron chi connectivity index (χ0n) is 9.25. The van der Waals surface area contributed by atoms with Gasteiger partial charge in [-0.2, -0.15) is 0 Å². The van der Waals surface area contributed by atoms with Gasteiger partial charge in [0.1, 0.15) is 0 Å². The summed E-state index contributed by atoms with van der Waals surface area (Å²) >= 11 is 14.3. The fourth-order valence-corrected chi connectivity index (χ4v) is 5.38. The van der Waals surface area contributed by atoms with E-state index in [1.54, 1.807) is 0 Å². The maximum absolute atomic E-state index is 12.4. The SMILES string of the molecule is CC1CCN(C(=O)c2cc(Br)sc2Br)C1CCl. The Morgan fingerprint density at radius 1 is 1.65 bits per heavy atom. The largest absolute Gasteiger partial charge is 0.334 e. The minimum atomic E-state index is 0.0776. The van der Waals surface area contributed by atoms with Crippen molar-refractivity contribution in [3.05, 3.63) is 19.2 Å². The van der Waals surface area contributed by atoms with Crippen molar-refractivity contribution in [3.8, 4) is 0 Å². The third-order valence-electron chi connectivity index (χ3n) is 3.19. The van der Waals surface area contributed by atoms with Crippen LogP contribution in [0.25, 0.3) is 0 Å². The van der Waals surface area contributed by atoms with Gasteiger partial charge in [-0.25, -0.2) is 0 Å². The second kappa shape index (κ2) is 5.59. The molecule has 0 radical (unpaired) electrons. The van der Waals surface area contributed by atoms with Crippen molar-refractivity contribution in [1.82, 2.24) is 4.90 Å². The second-order valence-electron chi connectivity index (χ2n) is 4.22. The van der Waals surface area contributed by atoms with Crippen LogP contribution in [0, 0.1) is 5.92 Å². The molecule has 0 spiro atoms. The summed E-state index contributed by atoms with van der Waals surface area (Å²) in [5.74, 6) is 1.07. The molecule has 6 heteroatoms. The maximum Gasteiger partial charge on any atom is 0.256 e. The van der Waals surface area contributed by atoms with Gasteiger partial charge in [-0.3, -0.25) is 4.79 Å². The highest BCUT2D eigenvalue weighted by Gasteiger charge is 2.35. The summed E-state index contributed by atoms with van der Waals surface area (Å²) in [5.41, 5.74) is 0.728. The van der Waals surface area contributed by atoms with E-state index in [0.29, 0.717) is 11.8 Å². The van der Waals surface area contributed by atoms with Gasteiger partial charge in [0, 0.05) is 18.5 Å². The Bertz CT molecular complexity index is 437. The number of carbonyl (C=O) groups excluding carboxylic acids is 1. The van der Waals surface area contributed by atoms with Gasteiger partial charge in [0.15, 0.2) is 0 Å². The van der Waals surface area contributed by atoms with Crippen LogP contribution >= 0.6 is 54.8 Å². The Kier molecular flexibility index (Phi) is 4.55. The van der Waals surface area contributed by atoms with E-state index in [1.807, 2.05) is 11.0 Å². The van der Waals surface area contributed by atoms with E-state index in [1.165, 1.54) is 11.3 Å². The van der Waals surface area contributed by atoms with Gasteiger partial charge in [-0.1, -0.05) is 6.92 Å². The minimum absolute atomic E-state index is 0.0776. The number of likely N-dealkylation sites (tertiary alicyclic amines) is 1. The highest BCUT2D eigenvalue weighted by atomic mass is 79.9. The average molecular weight is 402 g/mol. The summed E-state index contributed by atoms with van der Waals surface area (Å²) in [4.78, 5) is 14.3. The molecule has 1 fully saturated rings. The molecule has 2 heterocycles. The van der Waals surface area contributed by atoms with Crippen LogP contribution in [0.4, 0.5) is 0 Å². The maximum atomic E-state index is 12.4. The average Bonchev–Trinajstić information content (AvgIpc) is 2.80. The van der Waals surface area contributed by atoms with Crippen molar-refractivity contribution < 1.29 is 4.79 Å². The number of rotatable bonds is 2. The van der Waals surface area contributed by atoms with E-state index in [0.717, 1.165) is 26.1 Å². The molecule has 0 aromatic carbocycles. The van der Waals surface area contributed by atoms with E-state index in [-0.39, 0.29) is 11.9 Å². The zero-order chi connectivity index (χ0) is 12.6. The molecule has 1 aromatic rings. The Balaban J connectivity index is 2.23. The number of hydrogen-bond acceptors (Lipinski definition) is 2. The molecule has 1 saturated heterocycles. The van der Waals surface area contributed by atoms with Crippen LogP contribution in [0.5, 0.6) is 0 Å². The van der Waals surface area contributed by atoms with E-state index in [4.69, 9.17) is 11.6 Å². The highest BCUT2D eigenvalue weighted by molar-refractivity contribution is 9.12. The first-order valence-corrected chi connectivity index (χ1v) is 8.30. The number of amides is 1. The van der Waals surface area contributed by atoms with E-state index in [2.05, 4.69) is 38.8 Å². The summed E-state index contributed by atoms with van der Waals surface area (Å²) in [5, 5.41) is 0. The molecule has 2 rings (SSSR count). The first kappa shape index (κ1) is 13.8. The van der Waals surface area contributed by atoms with Gasteiger partial charge in [0.05, 0.1) is 13.1 Å². The zero-order valence-corrected chi connectivity index (χ0v) is 14.0. The smallest absolute Gasteiger partial charge is 0.256 e. The molecule has 1 aromatic heterocycles. The van der Waals surface area contributed by atoms with Crippen LogP contribution < -0.4 is 0 Å². The number of alkyl halides is 1. The fourth-order valence-electron chi connectivity index (χ4n) is 2.14. The normalized spacial score (nSPS) is 24.4. The summed E-state index contributed by atoms with van der Waals surface area (Å²) in [7, 11) is 0. The van der Waals surface area contributed by atoms with Gasteiger partial charge < -0.3 is 4.90 Å². The van der Waals surface area contributed by atoms with Gasteiger partial charge >= 0.3 is 0 Å². The highest BCUT2D eigenvalue weighted by Crippen LogP contribution is 2.35. The van der Waals surface area contributed by atoms with E-state index >= 15 is 0 Å². The number of nitrogens with zero attached hydrogens (tertiary/aromatic N) is 1.